The number of hydrogen-bond acceptors (Lipinski definition) is 31. The van der Waals surface area contributed by atoms with Gasteiger partial charge in [-0.2, -0.15) is 11.8 Å². The predicted molar refractivity (Wildman–Crippen MR) is 333 cm³/mol. The molecule has 0 bridgehead atoms. The molecule has 0 radical (unpaired) electrons. The highest BCUT2D eigenvalue weighted by Crippen LogP contribution is 2.19. The van der Waals surface area contributed by atoms with Crippen molar-refractivity contribution in [3.05, 3.63) is 0 Å². The van der Waals surface area contributed by atoms with E-state index < -0.39 is 90.4 Å². The van der Waals surface area contributed by atoms with Crippen molar-refractivity contribution < 1.29 is 140 Å². The molecule has 38 heteroatoms. The third kappa shape index (κ3) is 47.9. The molecule has 8 atom stereocenters. The molecule has 0 spiro atoms. The monoisotopic (exact) mass is 1400 g/mol. The fraction of sp³-hybridized carbons (Fsp3) is 0.860. The molecule has 95 heavy (non-hydrogen) atoms. The fourth-order valence-corrected chi connectivity index (χ4v) is 9.23. The third-order valence-electron chi connectivity index (χ3n) is 13.7. The maximum atomic E-state index is 11.2. The Hall–Kier alpha value is -4.57. The maximum Gasteiger partial charge on any atom is 0.322 e. The lowest BCUT2D eigenvalue weighted by molar-refractivity contribution is -0.142. The van der Waals surface area contributed by atoms with Crippen molar-refractivity contribution >= 4 is 59.3 Å². The number of rotatable bonds is 38. The van der Waals surface area contributed by atoms with Gasteiger partial charge in [0.2, 0.25) is 0 Å². The third-order valence-corrected chi connectivity index (χ3v) is 14.8. The first-order valence-corrected chi connectivity index (χ1v) is 32.7. The van der Waals surface area contributed by atoms with Crippen molar-refractivity contribution in [3.8, 4) is 0 Å². The van der Waals surface area contributed by atoms with Crippen LogP contribution in [0, 0.1) is 0 Å². The number of hydrogen-bond donors (Lipinski definition) is 15. The molecular weight excluding hydrogens is 1290 g/mol. The summed E-state index contributed by atoms with van der Waals surface area (Å²) in [6.07, 6.45) is 10.8. The Bertz CT molecular complexity index is 1910. The van der Waals surface area contributed by atoms with Crippen molar-refractivity contribution in [2.45, 2.75) is 189 Å². The van der Waals surface area contributed by atoms with Crippen LogP contribution in [0.25, 0.3) is 0 Å². The standard InChI is InChI=1S/C10H19NO4.C10H19NO3.C8H13NO5.C8H15NO4.C7H14N2O4.C7H13NO5.C7H13NO4S/c11-8(10(12)13)4-2-1-3-5-9-14-6-7-15-9;11-9(10(12)13)6-2-1-4-8-5-3-7-14-8;9-6(8(11)12)3-5(10)4-7-13-1-2-14-7;9-6(8(10)11)2-1-3-7-12-4-5-13-7;8-5(7(10)11)3-9-4-6-12-1-2-13-6;8-5(7(9)10)3-11-4-6-12-1-2-13-6;8-5(7(9)10)3-13-4-6-11-1-2-12-6/h8-9H,1-7,11H2,(H,12,13);8-9H,1-7,11H2,(H,12,13);6-7H,1-4,9H2,(H,11,12);6-7H,1-5,9H2,(H,10,11);5-6,9H,1-4,8H2,(H,10,11);2*5-6H,1-4,8H2,(H,9,10). The van der Waals surface area contributed by atoms with E-state index >= 15 is 0 Å². The lowest BCUT2D eigenvalue weighted by Crippen LogP contribution is -2.42. The number of nitrogens with one attached hydrogen (secondary N) is 1. The number of carboxylic acid groups (broad SMARTS) is 7. The van der Waals surface area contributed by atoms with E-state index in [1.165, 1.54) is 18.2 Å². The van der Waals surface area contributed by atoms with Gasteiger partial charge < -0.3 is 148 Å². The number of carbonyl (C=O) groups is 8. The van der Waals surface area contributed by atoms with Gasteiger partial charge in [0, 0.05) is 37.6 Å². The molecule has 7 heterocycles. The average molecular weight is 1400 g/mol. The Morgan fingerprint density at radius 1 is 0.400 bits per heavy atom. The van der Waals surface area contributed by atoms with E-state index in [0.717, 1.165) is 70.8 Å². The van der Waals surface area contributed by atoms with Crippen LogP contribution < -0.4 is 45.5 Å². The molecule has 0 aliphatic carbocycles. The van der Waals surface area contributed by atoms with E-state index in [4.69, 9.17) is 142 Å². The quantitative estimate of drug-likeness (QED) is 0.0286. The molecule has 7 aliphatic heterocycles. The zero-order valence-electron chi connectivity index (χ0n) is 53.9. The van der Waals surface area contributed by atoms with Gasteiger partial charge in [0.05, 0.1) is 105 Å². The second-order valence-corrected chi connectivity index (χ2v) is 22.9. The Morgan fingerprint density at radius 2 is 0.789 bits per heavy atom. The van der Waals surface area contributed by atoms with E-state index in [1.54, 1.807) is 0 Å². The molecule has 7 saturated heterocycles. The van der Waals surface area contributed by atoms with E-state index in [1.807, 2.05) is 0 Å². The zero-order chi connectivity index (χ0) is 70.8. The summed E-state index contributed by atoms with van der Waals surface area (Å²) in [5.74, 6) is -6.24. The van der Waals surface area contributed by atoms with Gasteiger partial charge in [-0.05, 0) is 64.2 Å². The van der Waals surface area contributed by atoms with Crippen LogP contribution in [0.5, 0.6) is 0 Å². The van der Waals surface area contributed by atoms with Crippen molar-refractivity contribution in [1.82, 2.24) is 5.32 Å². The summed E-state index contributed by atoms with van der Waals surface area (Å²) >= 11 is 1.43. The molecule has 554 valence electrons. The highest BCUT2D eigenvalue weighted by molar-refractivity contribution is 7.99. The second-order valence-electron chi connectivity index (χ2n) is 21.8. The topological polar surface area (TPSA) is 602 Å². The number of carbonyl (C=O) groups excluding carboxylic acids is 1. The highest BCUT2D eigenvalue weighted by Gasteiger charge is 2.25. The van der Waals surface area contributed by atoms with Crippen LogP contribution in [0.4, 0.5) is 0 Å². The Morgan fingerprint density at radius 3 is 1.23 bits per heavy atom. The summed E-state index contributed by atoms with van der Waals surface area (Å²) in [4.78, 5) is 83.6. The summed E-state index contributed by atoms with van der Waals surface area (Å²) in [6.45, 7) is 8.91. The summed E-state index contributed by atoms with van der Waals surface area (Å²) in [7, 11) is 0. The molecule has 7 rings (SSSR count). The molecular formula is C57H106N8O29S. The van der Waals surface area contributed by atoms with Gasteiger partial charge in [-0.25, -0.2) is 0 Å². The number of nitrogens with two attached hydrogens (primary N) is 7. The Labute approximate surface area is 556 Å². The normalized spacial score (nSPS) is 20.6. The number of ether oxygens (including phenoxy) is 14. The number of Topliss-reactive ketones (excluding diaryl/α,β-unsaturated/α-hetero) is 1. The molecule has 0 saturated carbocycles. The van der Waals surface area contributed by atoms with Gasteiger partial charge in [0.25, 0.3) is 0 Å². The van der Waals surface area contributed by atoms with Crippen LogP contribution in [0.3, 0.4) is 0 Å². The molecule has 22 N–H and O–H groups in total. The van der Waals surface area contributed by atoms with E-state index in [0.29, 0.717) is 123 Å². The summed E-state index contributed by atoms with van der Waals surface area (Å²) in [5, 5.41) is 62.2. The second kappa shape index (κ2) is 55.3. The van der Waals surface area contributed by atoms with Crippen LogP contribution in [-0.4, -0.2) is 293 Å². The van der Waals surface area contributed by atoms with Crippen molar-refractivity contribution in [3.63, 3.8) is 0 Å². The number of thioether (sulfide) groups is 1. The smallest absolute Gasteiger partial charge is 0.322 e. The number of unbranched alkanes of at least 4 members (excludes halogenated alkanes) is 3. The van der Waals surface area contributed by atoms with Crippen molar-refractivity contribution in [2.75, 3.05) is 124 Å². The van der Waals surface area contributed by atoms with Gasteiger partial charge >= 0.3 is 41.8 Å². The molecule has 7 fully saturated rings. The van der Waals surface area contributed by atoms with Crippen LogP contribution in [0.2, 0.25) is 0 Å². The molecule has 8 unspecified atom stereocenters. The average Bonchev–Trinajstić information content (AvgIpc) is 3.90. The van der Waals surface area contributed by atoms with Crippen LogP contribution >= 0.6 is 11.8 Å². The minimum atomic E-state index is -1.17. The number of ketones is 1. The van der Waals surface area contributed by atoms with E-state index in [2.05, 4.69) is 5.32 Å². The molecule has 0 aromatic heterocycles. The number of carboxylic acids is 7. The van der Waals surface area contributed by atoms with Gasteiger partial charge in [-0.1, -0.05) is 25.7 Å². The summed E-state index contributed by atoms with van der Waals surface area (Å²) in [6, 6.07) is -5.97. The highest BCUT2D eigenvalue weighted by atomic mass is 32.2. The van der Waals surface area contributed by atoms with Crippen molar-refractivity contribution in [2.24, 2.45) is 40.1 Å². The molecule has 7 aliphatic rings. The van der Waals surface area contributed by atoms with Crippen LogP contribution in [-0.2, 0) is 105 Å². The lowest BCUT2D eigenvalue weighted by atomic mass is 10.1. The summed E-state index contributed by atoms with van der Waals surface area (Å²) in [5.41, 5.74) is 37.0. The summed E-state index contributed by atoms with van der Waals surface area (Å²) < 4.78 is 72.1. The van der Waals surface area contributed by atoms with E-state index in [-0.39, 0.29) is 69.8 Å². The first-order chi connectivity index (χ1) is 45.3. The Balaban J connectivity index is 0.000000554. The van der Waals surface area contributed by atoms with Crippen LogP contribution in [0.1, 0.15) is 103 Å². The minimum Gasteiger partial charge on any atom is -0.480 e. The SMILES string of the molecule is NC(CC(=O)CC1OCCO1)C(=O)O.NC(CCCC1OCCO1)C(=O)O.NC(CCCCC1CCCO1)C(=O)O.NC(CCCCCC1OCCO1)C(=O)O.NC(CNCC1OCCO1)C(=O)O.NC(COCC1OCCO1)C(=O)O.NC(CSCC1OCCO1)C(=O)O. The van der Waals surface area contributed by atoms with E-state index in [9.17, 15) is 38.4 Å². The molecule has 0 aromatic carbocycles. The minimum absolute atomic E-state index is 0.0292. The first-order valence-electron chi connectivity index (χ1n) is 31.6. The number of aliphatic carboxylic acids is 7. The van der Waals surface area contributed by atoms with Gasteiger partial charge in [0.15, 0.2) is 37.7 Å². The van der Waals surface area contributed by atoms with Gasteiger partial charge in [-0.15, -0.1) is 0 Å². The maximum absolute atomic E-state index is 11.2. The largest absolute Gasteiger partial charge is 0.480 e. The van der Waals surface area contributed by atoms with Crippen LogP contribution in [0.15, 0.2) is 0 Å². The Kier molecular flexibility index (Phi) is 51.5. The molecule has 0 aromatic rings. The molecule has 37 nitrogen and oxygen atoms in total. The fourth-order valence-electron chi connectivity index (χ4n) is 8.31. The molecule has 0 amide bonds. The zero-order valence-corrected chi connectivity index (χ0v) is 54.7. The van der Waals surface area contributed by atoms with Gasteiger partial charge in [0.1, 0.15) is 48.1 Å². The van der Waals surface area contributed by atoms with Gasteiger partial charge in [-0.3, -0.25) is 38.4 Å². The van der Waals surface area contributed by atoms with Crippen molar-refractivity contribution in [1.29, 1.82) is 0 Å². The predicted octanol–water partition coefficient (Wildman–Crippen LogP) is -2.43. The lowest BCUT2D eigenvalue weighted by Gasteiger charge is -2.11. The first kappa shape index (κ1) is 88.4.